The number of thiocarbonyl (C=S) groups is 1. The molecule has 0 atom stereocenters. The number of amides is 1. The third kappa shape index (κ3) is 4.89. The SMILES string of the molecule is Cc1ccc2oc(-c3ccc(C)c(NC(=S)NC(=O)c4ccc(-c5ccc(C)c(Cl)c5)o4)c3)nc2c1. The number of benzene rings is 3. The lowest BCUT2D eigenvalue weighted by molar-refractivity contribution is 0.0951. The van der Waals surface area contributed by atoms with Gasteiger partial charge in [-0.05, 0) is 92.1 Å². The first-order valence-electron chi connectivity index (χ1n) is 11.2. The molecule has 0 spiro atoms. The molecule has 0 fully saturated rings. The van der Waals surface area contributed by atoms with Crippen molar-refractivity contribution in [1.82, 2.24) is 10.3 Å². The number of nitrogens with one attached hydrogen (secondary N) is 2. The molecule has 0 radical (unpaired) electrons. The quantitative estimate of drug-likeness (QED) is 0.242. The van der Waals surface area contributed by atoms with Crippen LogP contribution in [0, 0.1) is 20.8 Å². The number of fused-ring (bicyclic) bond motifs is 1. The van der Waals surface area contributed by atoms with Crippen LogP contribution in [0.2, 0.25) is 5.02 Å². The Morgan fingerprint density at radius 1 is 0.889 bits per heavy atom. The molecular formula is C28H22ClN3O3S. The summed E-state index contributed by atoms with van der Waals surface area (Å²) in [5.74, 6) is 0.726. The highest BCUT2D eigenvalue weighted by Gasteiger charge is 2.16. The van der Waals surface area contributed by atoms with Crippen LogP contribution in [0.5, 0.6) is 0 Å². The van der Waals surface area contributed by atoms with Crippen LogP contribution < -0.4 is 10.6 Å². The van der Waals surface area contributed by atoms with Gasteiger partial charge in [0.2, 0.25) is 5.89 Å². The third-order valence-corrected chi connectivity index (χ3v) is 6.40. The number of rotatable bonds is 4. The minimum absolute atomic E-state index is 0.137. The first-order chi connectivity index (χ1) is 17.3. The normalized spacial score (nSPS) is 11.0. The number of carbonyl (C=O) groups excluding carboxylic acids is 1. The van der Waals surface area contributed by atoms with Crippen LogP contribution in [0.3, 0.4) is 0 Å². The number of aromatic nitrogens is 1. The molecule has 2 N–H and O–H groups in total. The average molecular weight is 516 g/mol. The number of furan rings is 1. The largest absolute Gasteiger partial charge is 0.451 e. The molecular weight excluding hydrogens is 494 g/mol. The number of anilines is 1. The maximum Gasteiger partial charge on any atom is 0.293 e. The lowest BCUT2D eigenvalue weighted by Crippen LogP contribution is -2.34. The summed E-state index contributed by atoms with van der Waals surface area (Å²) in [6.07, 6.45) is 0. The van der Waals surface area contributed by atoms with E-state index in [1.165, 1.54) is 0 Å². The molecule has 0 bridgehead atoms. The van der Waals surface area contributed by atoms with Gasteiger partial charge in [-0.25, -0.2) is 4.98 Å². The number of oxazole rings is 1. The van der Waals surface area contributed by atoms with Crippen molar-refractivity contribution in [3.05, 3.63) is 94.2 Å². The van der Waals surface area contributed by atoms with Gasteiger partial charge in [0.25, 0.3) is 5.91 Å². The van der Waals surface area contributed by atoms with Crippen molar-refractivity contribution >= 4 is 51.6 Å². The van der Waals surface area contributed by atoms with Crippen LogP contribution in [0.1, 0.15) is 27.2 Å². The molecule has 6 nitrogen and oxygen atoms in total. The highest BCUT2D eigenvalue weighted by atomic mass is 35.5. The molecule has 5 aromatic rings. The van der Waals surface area contributed by atoms with Gasteiger partial charge in [0.1, 0.15) is 11.3 Å². The molecule has 2 heterocycles. The Balaban J connectivity index is 1.30. The average Bonchev–Trinajstić information content (AvgIpc) is 3.49. The minimum atomic E-state index is -0.458. The summed E-state index contributed by atoms with van der Waals surface area (Å²) >= 11 is 11.6. The summed E-state index contributed by atoms with van der Waals surface area (Å²) in [5, 5.41) is 6.53. The lowest BCUT2D eigenvalue weighted by Gasteiger charge is -2.12. The molecule has 36 heavy (non-hydrogen) atoms. The van der Waals surface area contributed by atoms with Gasteiger partial charge in [-0.1, -0.05) is 35.9 Å². The summed E-state index contributed by atoms with van der Waals surface area (Å²) in [5.41, 5.74) is 6.84. The van der Waals surface area contributed by atoms with Gasteiger partial charge < -0.3 is 14.2 Å². The Hall–Kier alpha value is -3.94. The van der Waals surface area contributed by atoms with E-state index in [1.807, 2.05) is 69.3 Å². The van der Waals surface area contributed by atoms with E-state index < -0.39 is 5.91 Å². The molecule has 0 unspecified atom stereocenters. The highest BCUT2D eigenvalue weighted by molar-refractivity contribution is 7.80. The van der Waals surface area contributed by atoms with E-state index in [2.05, 4.69) is 15.6 Å². The molecule has 0 saturated heterocycles. The van der Waals surface area contributed by atoms with Gasteiger partial charge in [-0.2, -0.15) is 0 Å². The Bertz CT molecular complexity index is 1640. The number of hydrogen-bond acceptors (Lipinski definition) is 5. The summed E-state index contributed by atoms with van der Waals surface area (Å²) < 4.78 is 11.7. The standard InChI is InChI=1S/C28H22ClN3O3S/c1-15-4-9-24-22(12-15)30-27(35-24)19-8-6-17(3)21(14-19)31-28(36)32-26(33)25-11-10-23(34-25)18-7-5-16(2)20(29)13-18/h4-14H,1-3H3,(H2,31,32,33,36). The number of halogens is 1. The summed E-state index contributed by atoms with van der Waals surface area (Å²) in [6, 6.07) is 20.5. The van der Waals surface area contributed by atoms with E-state index in [0.717, 1.165) is 44.6 Å². The van der Waals surface area contributed by atoms with Gasteiger partial charge in [-0.3, -0.25) is 10.1 Å². The molecule has 0 aliphatic heterocycles. The zero-order chi connectivity index (χ0) is 25.4. The molecule has 2 aromatic heterocycles. The van der Waals surface area contributed by atoms with Gasteiger partial charge >= 0.3 is 0 Å². The van der Waals surface area contributed by atoms with Crippen molar-refractivity contribution in [3.63, 3.8) is 0 Å². The Morgan fingerprint density at radius 2 is 1.67 bits per heavy atom. The molecule has 1 amide bonds. The smallest absolute Gasteiger partial charge is 0.293 e. The van der Waals surface area contributed by atoms with E-state index in [4.69, 9.17) is 32.7 Å². The highest BCUT2D eigenvalue weighted by Crippen LogP contribution is 2.29. The maximum atomic E-state index is 12.7. The lowest BCUT2D eigenvalue weighted by atomic mass is 10.1. The predicted molar refractivity (Wildman–Crippen MR) is 146 cm³/mol. The first kappa shape index (κ1) is 23.8. The van der Waals surface area contributed by atoms with E-state index in [9.17, 15) is 4.79 Å². The molecule has 0 aliphatic rings. The van der Waals surface area contributed by atoms with Crippen LogP contribution in [0.4, 0.5) is 5.69 Å². The summed E-state index contributed by atoms with van der Waals surface area (Å²) in [6.45, 7) is 5.88. The Morgan fingerprint density at radius 3 is 2.47 bits per heavy atom. The van der Waals surface area contributed by atoms with Crippen molar-refractivity contribution in [1.29, 1.82) is 0 Å². The minimum Gasteiger partial charge on any atom is -0.451 e. The molecule has 5 rings (SSSR count). The van der Waals surface area contributed by atoms with Gasteiger partial charge in [-0.15, -0.1) is 0 Å². The van der Waals surface area contributed by atoms with Crippen molar-refractivity contribution in [2.45, 2.75) is 20.8 Å². The van der Waals surface area contributed by atoms with Crippen LogP contribution in [0.15, 0.2) is 75.6 Å². The topological polar surface area (TPSA) is 80.3 Å². The second-order valence-corrected chi connectivity index (χ2v) is 9.37. The molecule has 8 heteroatoms. The van der Waals surface area contributed by atoms with Crippen LogP contribution in [-0.4, -0.2) is 16.0 Å². The third-order valence-electron chi connectivity index (χ3n) is 5.79. The zero-order valence-corrected chi connectivity index (χ0v) is 21.4. The van der Waals surface area contributed by atoms with Gasteiger partial charge in [0.05, 0.1) is 0 Å². The number of carbonyl (C=O) groups is 1. The van der Waals surface area contributed by atoms with Crippen LogP contribution in [-0.2, 0) is 0 Å². The fourth-order valence-electron chi connectivity index (χ4n) is 3.73. The molecule has 0 saturated carbocycles. The van der Waals surface area contributed by atoms with Crippen LogP contribution in [0.25, 0.3) is 33.9 Å². The van der Waals surface area contributed by atoms with E-state index in [1.54, 1.807) is 18.2 Å². The van der Waals surface area contributed by atoms with Crippen molar-refractivity contribution < 1.29 is 13.6 Å². The second-order valence-electron chi connectivity index (χ2n) is 8.56. The molecule has 180 valence electrons. The zero-order valence-electron chi connectivity index (χ0n) is 19.8. The number of aryl methyl sites for hydroxylation is 3. The van der Waals surface area contributed by atoms with E-state index >= 15 is 0 Å². The molecule has 0 aliphatic carbocycles. The fourth-order valence-corrected chi connectivity index (χ4v) is 4.11. The monoisotopic (exact) mass is 515 g/mol. The predicted octanol–water partition coefficient (Wildman–Crippen LogP) is 7.46. The second kappa shape index (κ2) is 9.60. The first-order valence-corrected chi connectivity index (χ1v) is 12.0. The van der Waals surface area contributed by atoms with E-state index in [-0.39, 0.29) is 10.9 Å². The number of hydrogen-bond donors (Lipinski definition) is 2. The van der Waals surface area contributed by atoms with Gasteiger partial charge in [0, 0.05) is 21.8 Å². The Labute approximate surface area is 218 Å². The fraction of sp³-hybridized carbons (Fsp3) is 0.107. The van der Waals surface area contributed by atoms with Crippen LogP contribution >= 0.6 is 23.8 Å². The van der Waals surface area contributed by atoms with Gasteiger partial charge in [0.15, 0.2) is 16.5 Å². The van der Waals surface area contributed by atoms with Crippen molar-refractivity contribution in [2.24, 2.45) is 0 Å². The summed E-state index contributed by atoms with van der Waals surface area (Å²) in [7, 11) is 0. The number of nitrogens with zero attached hydrogens (tertiary/aromatic N) is 1. The molecule has 3 aromatic carbocycles. The van der Waals surface area contributed by atoms with E-state index in [0.29, 0.717) is 16.7 Å². The maximum absolute atomic E-state index is 12.7. The Kier molecular flexibility index (Phi) is 6.35. The summed E-state index contributed by atoms with van der Waals surface area (Å²) in [4.78, 5) is 17.3. The van der Waals surface area contributed by atoms with Crippen molar-refractivity contribution in [3.8, 4) is 22.8 Å². The van der Waals surface area contributed by atoms with Crippen molar-refractivity contribution in [2.75, 3.05) is 5.32 Å².